The van der Waals surface area contributed by atoms with E-state index in [1.54, 1.807) is 65.5 Å². The van der Waals surface area contributed by atoms with Gasteiger partial charge in [0.1, 0.15) is 42.2 Å². The van der Waals surface area contributed by atoms with E-state index in [1.165, 1.54) is 61.0 Å². The largest absolute Gasteiger partial charge is 0.494 e. The molecule has 0 atom stereocenters. The maximum Gasteiger partial charge on any atom is 0.229 e. The number of ether oxygens (including phenoxy) is 4. The summed E-state index contributed by atoms with van der Waals surface area (Å²) in [5.41, 5.74) is 17.3. The van der Waals surface area contributed by atoms with E-state index in [1.807, 2.05) is 71.5 Å². The van der Waals surface area contributed by atoms with Crippen LogP contribution in [0.5, 0.6) is 11.5 Å². The quantitative estimate of drug-likeness (QED) is 0.0419. The molecule has 0 saturated carbocycles. The highest BCUT2D eigenvalue weighted by Gasteiger charge is 2.50. The van der Waals surface area contributed by atoms with Crippen LogP contribution in [0.2, 0.25) is 10.0 Å². The number of anilines is 10. The Morgan fingerprint density at radius 2 is 1.08 bits per heavy atom. The van der Waals surface area contributed by atoms with Crippen LogP contribution in [-0.4, -0.2) is 216 Å². The summed E-state index contributed by atoms with van der Waals surface area (Å²) in [6.07, 6.45) is 17.5. The molecule has 0 aliphatic carbocycles. The van der Waals surface area contributed by atoms with Crippen molar-refractivity contribution in [1.29, 1.82) is 0 Å². The van der Waals surface area contributed by atoms with Crippen molar-refractivity contribution in [1.82, 2.24) is 59.1 Å². The zero-order valence-electron chi connectivity index (χ0n) is 66.9. The maximum absolute atomic E-state index is 13.6. The van der Waals surface area contributed by atoms with Crippen molar-refractivity contribution in [2.45, 2.75) is 124 Å². The second-order valence-electron chi connectivity index (χ2n) is 31.0. The number of nitrogens with zero attached hydrogens (tertiary/aromatic N) is 14. The SMILES string of the molecule is C.C.CC1(C)OC(c2cnn3ccccc23)OC1(C)C.CCc1cc(Nc2ncc(Cl)c(Nc3ccc(Br)cc3P(C)(C)=O)n2)c(OC)cc1N1CCC(N2CCN(C)CC2)CC1.CCc1cc(Nc2ncc(Cl)c(Nc3ccc(C(=CN)c4ccncn4)cc3P(C)(C)=O)n2)c(OC)cc1N1CCC(N2CCN(C)CC2)CC1. The molecule has 5 fully saturated rings. The van der Waals surface area contributed by atoms with Crippen molar-refractivity contribution >= 4 is 133 Å². The number of piperazine rings is 2. The Labute approximate surface area is 692 Å². The first kappa shape index (κ1) is 88.4. The number of rotatable bonds is 21. The number of benzene rings is 4. The minimum absolute atomic E-state index is 0. The Morgan fingerprint density at radius 1 is 0.605 bits per heavy atom. The molecule has 9 aromatic rings. The summed E-state index contributed by atoms with van der Waals surface area (Å²) in [7, 11) is 2.44. The van der Waals surface area contributed by atoms with E-state index in [-0.39, 0.29) is 32.3 Å². The molecule has 0 spiro atoms. The van der Waals surface area contributed by atoms with E-state index in [0.29, 0.717) is 84.7 Å². The van der Waals surface area contributed by atoms with Crippen molar-refractivity contribution in [2.24, 2.45) is 5.73 Å². The Kier molecular flexibility index (Phi) is 29.8. The van der Waals surface area contributed by atoms with Crippen LogP contribution in [0.25, 0.3) is 11.1 Å². The molecule has 0 unspecified atom stereocenters. The second kappa shape index (κ2) is 38.4. The van der Waals surface area contributed by atoms with Gasteiger partial charge in [0.2, 0.25) is 11.9 Å². The first-order valence-corrected chi connectivity index (χ1v) is 45.2. The minimum atomic E-state index is -2.78. The number of nitrogens with one attached hydrogen (secondary N) is 4. The summed E-state index contributed by atoms with van der Waals surface area (Å²) >= 11 is 16.6. The van der Waals surface area contributed by atoms with Gasteiger partial charge in [-0.05, 0) is 184 Å². The van der Waals surface area contributed by atoms with Crippen molar-refractivity contribution in [3.8, 4) is 11.5 Å². The van der Waals surface area contributed by atoms with Gasteiger partial charge < -0.3 is 74.7 Å². The lowest BCUT2D eigenvalue weighted by Crippen LogP contribution is -2.52. The number of piperidine rings is 2. The average molecular weight is 1700 g/mol. The van der Waals surface area contributed by atoms with Crippen molar-refractivity contribution in [2.75, 3.05) is 165 Å². The Hall–Kier alpha value is -7.97. The van der Waals surface area contributed by atoms with Gasteiger partial charge in [-0.25, -0.2) is 24.5 Å². The number of aromatic nitrogens is 8. The lowest BCUT2D eigenvalue weighted by molar-refractivity contribution is -0.0886. The van der Waals surface area contributed by atoms with Gasteiger partial charge in [-0.15, -0.1) is 0 Å². The number of fused-ring (bicyclic) bond motifs is 1. The molecule has 30 heteroatoms. The zero-order chi connectivity index (χ0) is 79.8. The summed E-state index contributed by atoms with van der Waals surface area (Å²) in [6.45, 7) is 32.9. The molecule has 5 saturated heterocycles. The number of hydrogen-bond acceptors (Lipinski definition) is 24. The molecule has 614 valence electrons. The van der Waals surface area contributed by atoms with Crippen LogP contribution >= 0.6 is 53.4 Å². The van der Waals surface area contributed by atoms with E-state index < -0.39 is 14.3 Å². The predicted octanol–water partition coefficient (Wildman–Crippen LogP) is 16.4. The summed E-state index contributed by atoms with van der Waals surface area (Å²) in [5, 5.41) is 19.6. The van der Waals surface area contributed by atoms with Crippen LogP contribution in [-0.2, 0) is 31.4 Å². The molecule has 14 rings (SSSR count). The number of aryl methyl sites for hydroxylation is 2. The van der Waals surface area contributed by atoms with Gasteiger partial charge in [-0.1, -0.05) is 80.0 Å². The van der Waals surface area contributed by atoms with E-state index >= 15 is 0 Å². The maximum atomic E-state index is 13.6. The van der Waals surface area contributed by atoms with Crippen molar-refractivity contribution in [3.63, 3.8) is 0 Å². The van der Waals surface area contributed by atoms with Gasteiger partial charge in [0, 0.05) is 153 Å². The number of pyridine rings is 1. The summed E-state index contributed by atoms with van der Waals surface area (Å²) in [5.74, 6) is 2.95. The molecular formula is C84H116BrCl2N19O6P2. The highest BCUT2D eigenvalue weighted by Crippen LogP contribution is 2.47. The van der Waals surface area contributed by atoms with Gasteiger partial charge in [0.05, 0.1) is 83.5 Å². The van der Waals surface area contributed by atoms with E-state index in [0.717, 1.165) is 129 Å². The fourth-order valence-corrected chi connectivity index (χ4v) is 18.1. The van der Waals surface area contributed by atoms with Crippen LogP contribution in [0.1, 0.15) is 116 Å². The number of hydrogen-bond donors (Lipinski definition) is 5. The molecule has 114 heavy (non-hydrogen) atoms. The first-order valence-electron chi connectivity index (χ1n) is 38.4. The third-order valence-corrected chi connectivity index (χ3v) is 26.3. The number of methoxy groups -OCH3 is 2. The lowest BCUT2D eigenvalue weighted by Gasteiger charge is -2.43. The van der Waals surface area contributed by atoms with Crippen molar-refractivity contribution in [3.05, 3.63) is 171 Å². The molecule has 5 aromatic heterocycles. The fraction of sp³-hybridized carbons (Fsp3) is 0.464. The molecule has 4 aromatic carbocycles. The molecule has 0 amide bonds. The molecule has 6 N–H and O–H groups in total. The number of likely N-dealkylation sites (N-methyl/N-ethyl adjacent to an activating group) is 2. The van der Waals surface area contributed by atoms with Gasteiger partial charge >= 0.3 is 0 Å². The van der Waals surface area contributed by atoms with Crippen molar-refractivity contribution < 1.29 is 28.1 Å². The molecule has 0 radical (unpaired) electrons. The Balaban J connectivity index is 0.000000197. The highest BCUT2D eigenvalue weighted by molar-refractivity contribution is 9.10. The third-order valence-electron chi connectivity index (χ3n) is 22.2. The summed E-state index contributed by atoms with van der Waals surface area (Å²) in [4.78, 5) is 41.8. The summed E-state index contributed by atoms with van der Waals surface area (Å²) in [6, 6.07) is 28.8. The van der Waals surface area contributed by atoms with Gasteiger partial charge in [-0.3, -0.25) is 9.80 Å². The van der Waals surface area contributed by atoms with Crippen LogP contribution < -0.4 is 56.9 Å². The van der Waals surface area contributed by atoms with E-state index in [9.17, 15) is 9.13 Å². The number of halogens is 3. The average Bonchev–Trinajstić information content (AvgIpc) is 1.57. The number of nitrogens with two attached hydrogens (primary N) is 1. The van der Waals surface area contributed by atoms with Crippen LogP contribution in [0.15, 0.2) is 133 Å². The standard InChI is InChI=1S/C37H48ClN10O2P.C31H42BrClN7O2P.C14H18N2O2.2CH4/c1-6-25-19-32(34(50-3)21-33(25)48-13-10-27(11-14-48)47-17-15-46(2)16-18-47)44-37-41-23-29(38)36(45-37)43-31-8-7-26(20-35(31)51(4,5)49)28(22-39)30-9-12-40-24-42-30;1-6-21-17-26(28(42-3)19-27(21)40-11-9-23(10-12-40)39-15-13-38(2)14-16-39)36-31-34-20-24(33)30(37-31)35-25-8-7-22(32)18-29(25)43(4,5)41;1-13(2)14(3,4)18-12(17-13)10-9-15-16-8-6-5-7-11(10)16;;/h7-9,12,19-24,27H,6,10-11,13-18,39H2,1-5H3,(H2,41,43,44,45);7-8,17-20,23H,6,9-16H2,1-5H3,(H2,34,35,36,37);5-9,12H,1-4H3;2*1H4. The third kappa shape index (κ3) is 21.1. The fourth-order valence-electron chi connectivity index (χ4n) is 15.0. The highest BCUT2D eigenvalue weighted by atomic mass is 79.9. The molecule has 0 bridgehead atoms. The minimum Gasteiger partial charge on any atom is -0.494 e. The smallest absolute Gasteiger partial charge is 0.229 e. The summed E-state index contributed by atoms with van der Waals surface area (Å²) < 4.78 is 53.1. The molecule has 25 nitrogen and oxygen atoms in total. The van der Waals surface area contributed by atoms with Crippen LogP contribution in [0, 0.1) is 0 Å². The zero-order valence-corrected chi connectivity index (χ0v) is 71.8. The molecule has 5 aliphatic heterocycles. The second-order valence-corrected chi connectivity index (χ2v) is 39.1. The van der Waals surface area contributed by atoms with E-state index in [2.05, 4.69) is 177 Å². The molecular weight excluding hydrogens is 1580 g/mol. The van der Waals surface area contributed by atoms with Crippen LogP contribution in [0.3, 0.4) is 0 Å². The van der Waals surface area contributed by atoms with Crippen LogP contribution in [0.4, 0.5) is 57.7 Å². The topological polar surface area (TPSA) is 259 Å². The predicted molar refractivity (Wildman–Crippen MR) is 474 cm³/mol. The first-order chi connectivity index (χ1) is 53.5. The Morgan fingerprint density at radius 3 is 1.52 bits per heavy atom. The molecule has 10 heterocycles. The van der Waals surface area contributed by atoms with Gasteiger partial charge in [0.15, 0.2) is 17.9 Å². The van der Waals surface area contributed by atoms with Gasteiger partial charge in [0.25, 0.3) is 0 Å². The molecule has 5 aliphatic rings. The normalized spacial score (nSPS) is 17.5. The monoisotopic (exact) mass is 1700 g/mol. The van der Waals surface area contributed by atoms with Gasteiger partial charge in [-0.2, -0.15) is 15.1 Å². The lowest BCUT2D eigenvalue weighted by atomic mass is 9.90. The Bertz CT molecular complexity index is 4870. The van der Waals surface area contributed by atoms with E-state index in [4.69, 9.17) is 52.9 Å².